The fourth-order valence-electron chi connectivity index (χ4n) is 2.34. The maximum atomic E-state index is 11.8. The standard InChI is InChI=1S/C9H16N2O18P4/c12-5-1-2-11(9(15)10-5)8-7(14)6(13)4(26-8)3-25-31(19,20)28-33(23,24)29-32(21,22)27-30(16,17)18/h1-2,4,6-8,13-14H,3H2,(H,19,20)(H,21,22)(H,23,24)(H,10,12,15)(H2,16,17,18)/t4-,6?,7?,8-/m0/s1. The predicted octanol–water partition coefficient (Wildman–Crippen LogP) is -2.38. The first kappa shape index (κ1) is 28.4. The molecule has 8 N–H and O–H groups in total. The highest BCUT2D eigenvalue weighted by atomic mass is 31.3. The first-order chi connectivity index (χ1) is 14.8. The minimum absolute atomic E-state index is 0.667. The number of rotatable bonds is 10. The fraction of sp³-hybridized carbons (Fsp3) is 0.556. The third kappa shape index (κ3) is 8.38. The van der Waals surface area contributed by atoms with E-state index in [2.05, 4.69) is 17.5 Å². The Morgan fingerprint density at radius 3 is 2.00 bits per heavy atom. The van der Waals surface area contributed by atoms with Crippen LogP contribution < -0.4 is 11.2 Å². The minimum Gasteiger partial charge on any atom is -0.387 e. The number of H-pyrrole nitrogens is 1. The zero-order valence-electron chi connectivity index (χ0n) is 15.5. The Bertz CT molecular complexity index is 1170. The average Bonchev–Trinajstić information content (AvgIpc) is 2.84. The molecule has 2 rings (SSSR count). The molecule has 1 aliphatic rings. The lowest BCUT2D eigenvalue weighted by atomic mass is 10.1. The summed E-state index contributed by atoms with van der Waals surface area (Å²) >= 11 is 0. The largest absolute Gasteiger partial charge is 0.490 e. The summed E-state index contributed by atoms with van der Waals surface area (Å²) in [4.78, 5) is 69.3. The molecule has 1 aliphatic heterocycles. The summed E-state index contributed by atoms with van der Waals surface area (Å²) in [5, 5.41) is 20.0. The summed E-state index contributed by atoms with van der Waals surface area (Å²) in [6.07, 6.45) is -6.03. The van der Waals surface area contributed by atoms with E-state index in [9.17, 15) is 47.8 Å². The van der Waals surface area contributed by atoms with Gasteiger partial charge in [-0.05, 0) is 0 Å². The highest BCUT2D eigenvalue weighted by Crippen LogP contribution is 2.70. The number of nitrogens with zero attached hydrogens (tertiary/aromatic N) is 1. The summed E-state index contributed by atoms with van der Waals surface area (Å²) < 4.78 is 65.6. The molecule has 24 heteroatoms. The number of phosphoric acid groups is 4. The van der Waals surface area contributed by atoms with Gasteiger partial charge in [0.2, 0.25) is 0 Å². The van der Waals surface area contributed by atoms with Gasteiger partial charge >= 0.3 is 37.0 Å². The Balaban J connectivity index is 2.04. The van der Waals surface area contributed by atoms with Crippen molar-refractivity contribution in [3.63, 3.8) is 0 Å². The summed E-state index contributed by atoms with van der Waals surface area (Å²) in [6, 6.07) is 0.887. The van der Waals surface area contributed by atoms with Crippen LogP contribution in [0, 0.1) is 0 Å². The molecular weight excluding hydrogens is 548 g/mol. The van der Waals surface area contributed by atoms with Gasteiger partial charge in [-0.25, -0.2) is 23.1 Å². The molecule has 0 saturated carbocycles. The van der Waals surface area contributed by atoms with E-state index in [4.69, 9.17) is 19.4 Å². The number of phosphoric ester groups is 1. The van der Waals surface area contributed by atoms with Gasteiger partial charge in [0.1, 0.15) is 18.3 Å². The molecule has 1 fully saturated rings. The van der Waals surface area contributed by atoms with Crippen LogP contribution in [0.15, 0.2) is 21.9 Å². The fourth-order valence-corrected chi connectivity index (χ4v) is 6.80. The zero-order valence-corrected chi connectivity index (χ0v) is 19.1. The first-order valence-electron chi connectivity index (χ1n) is 7.96. The van der Waals surface area contributed by atoms with Gasteiger partial charge in [0, 0.05) is 12.3 Å². The van der Waals surface area contributed by atoms with Crippen molar-refractivity contribution in [1.82, 2.24) is 9.55 Å². The van der Waals surface area contributed by atoms with Gasteiger partial charge < -0.3 is 39.4 Å². The van der Waals surface area contributed by atoms with E-state index in [0.29, 0.717) is 4.57 Å². The monoisotopic (exact) mass is 564 g/mol. The third-order valence-electron chi connectivity index (χ3n) is 3.49. The molecule has 0 radical (unpaired) electrons. The van der Waals surface area contributed by atoms with Crippen molar-refractivity contribution in [2.75, 3.05) is 6.61 Å². The predicted molar refractivity (Wildman–Crippen MR) is 98.0 cm³/mol. The Morgan fingerprint density at radius 1 is 0.909 bits per heavy atom. The lowest BCUT2D eigenvalue weighted by Crippen LogP contribution is -2.37. The van der Waals surface area contributed by atoms with E-state index in [1.807, 2.05) is 4.98 Å². The number of nitrogens with one attached hydrogen (secondary N) is 1. The summed E-state index contributed by atoms with van der Waals surface area (Å²) in [5.74, 6) is 0. The molecular formula is C9H16N2O18P4. The molecule has 0 spiro atoms. The first-order valence-corrected chi connectivity index (χ1v) is 14.0. The SMILES string of the molecule is O=c1ccn([C@H]2O[C@@H](COP(=O)(O)OP(=O)(O)OP(=O)(O)OP(=O)(O)O)C(O)C2O)c(=O)[nH]1. The molecule has 0 bridgehead atoms. The molecule has 0 aromatic carbocycles. The molecule has 5 unspecified atom stereocenters. The van der Waals surface area contributed by atoms with Gasteiger partial charge in [0.05, 0.1) is 6.61 Å². The Kier molecular flexibility index (Phi) is 8.60. The van der Waals surface area contributed by atoms with E-state index in [1.54, 1.807) is 0 Å². The van der Waals surface area contributed by atoms with E-state index in [1.165, 1.54) is 0 Å². The Labute approximate surface area is 181 Å². The number of aliphatic hydroxyl groups excluding tert-OH is 2. The van der Waals surface area contributed by atoms with Crippen molar-refractivity contribution >= 4 is 31.3 Å². The molecule has 7 atom stereocenters. The third-order valence-corrected chi connectivity index (χ3v) is 8.94. The molecule has 2 heterocycles. The van der Waals surface area contributed by atoms with Gasteiger partial charge in [-0.15, -0.1) is 0 Å². The molecule has 1 saturated heterocycles. The number of aromatic amines is 1. The van der Waals surface area contributed by atoms with E-state index in [-0.39, 0.29) is 0 Å². The zero-order chi connectivity index (χ0) is 25.4. The second-order valence-corrected chi connectivity index (χ2v) is 12.0. The quantitative estimate of drug-likeness (QED) is 0.137. The highest BCUT2D eigenvalue weighted by Gasteiger charge is 2.48. The van der Waals surface area contributed by atoms with E-state index in [0.717, 1.165) is 12.3 Å². The van der Waals surface area contributed by atoms with Gasteiger partial charge in [0.25, 0.3) is 5.56 Å². The number of hydrogen-bond acceptors (Lipinski definition) is 13. The lowest BCUT2D eigenvalue weighted by Gasteiger charge is -2.20. The second kappa shape index (κ2) is 10.0. The molecule has 20 nitrogen and oxygen atoms in total. The molecule has 1 aromatic heterocycles. The Morgan fingerprint density at radius 2 is 1.45 bits per heavy atom. The van der Waals surface area contributed by atoms with Crippen molar-refractivity contribution in [3.05, 3.63) is 33.1 Å². The van der Waals surface area contributed by atoms with Gasteiger partial charge in [0.15, 0.2) is 6.23 Å². The normalized spacial score (nSPS) is 29.2. The number of aliphatic hydroxyl groups is 2. The highest BCUT2D eigenvalue weighted by molar-refractivity contribution is 7.69. The van der Waals surface area contributed by atoms with Crippen LogP contribution in [-0.2, 0) is 40.5 Å². The van der Waals surface area contributed by atoms with Crippen LogP contribution in [-0.4, -0.2) is 69.1 Å². The molecule has 0 aliphatic carbocycles. The lowest BCUT2D eigenvalue weighted by molar-refractivity contribution is -0.0542. The maximum Gasteiger partial charge on any atom is 0.490 e. The molecule has 0 amide bonds. The van der Waals surface area contributed by atoms with Crippen molar-refractivity contribution in [2.45, 2.75) is 24.5 Å². The van der Waals surface area contributed by atoms with Crippen LogP contribution in [0.2, 0.25) is 0 Å². The second-order valence-electron chi connectivity index (χ2n) is 6.00. The van der Waals surface area contributed by atoms with Crippen molar-refractivity contribution < 1.29 is 75.1 Å². The summed E-state index contributed by atoms with van der Waals surface area (Å²) in [7, 11) is -23.4. The Hall–Kier alpha value is -0.880. The molecule has 1 aromatic rings. The van der Waals surface area contributed by atoms with Crippen molar-refractivity contribution in [3.8, 4) is 0 Å². The summed E-state index contributed by atoms with van der Waals surface area (Å²) in [5.41, 5.74) is -1.82. The van der Waals surface area contributed by atoms with E-state index < -0.39 is 73.7 Å². The molecule has 33 heavy (non-hydrogen) atoms. The van der Waals surface area contributed by atoms with Crippen LogP contribution in [0.5, 0.6) is 0 Å². The number of hydrogen-bond donors (Lipinski definition) is 8. The van der Waals surface area contributed by atoms with Gasteiger partial charge in [-0.2, -0.15) is 12.9 Å². The van der Waals surface area contributed by atoms with Crippen LogP contribution >= 0.6 is 31.3 Å². The van der Waals surface area contributed by atoms with Crippen LogP contribution in [0.1, 0.15) is 6.23 Å². The minimum atomic E-state index is -6.03. The molecule has 190 valence electrons. The topological polar surface area (TPSA) is 311 Å². The van der Waals surface area contributed by atoms with Crippen LogP contribution in [0.4, 0.5) is 0 Å². The smallest absolute Gasteiger partial charge is 0.387 e. The van der Waals surface area contributed by atoms with Gasteiger partial charge in [-0.1, -0.05) is 0 Å². The number of aromatic nitrogens is 2. The van der Waals surface area contributed by atoms with Crippen molar-refractivity contribution in [1.29, 1.82) is 0 Å². The number of ether oxygens (including phenoxy) is 1. The van der Waals surface area contributed by atoms with E-state index >= 15 is 0 Å². The average molecular weight is 564 g/mol. The summed E-state index contributed by atoms with van der Waals surface area (Å²) in [6.45, 7) is -1.14. The van der Waals surface area contributed by atoms with Crippen molar-refractivity contribution in [2.24, 2.45) is 0 Å². The maximum absolute atomic E-state index is 11.8. The van der Waals surface area contributed by atoms with Crippen LogP contribution in [0.25, 0.3) is 0 Å². The van der Waals surface area contributed by atoms with Gasteiger partial charge in [-0.3, -0.25) is 18.9 Å². The van der Waals surface area contributed by atoms with Crippen LogP contribution in [0.3, 0.4) is 0 Å².